The first-order valence-corrected chi connectivity index (χ1v) is 11.8. The third-order valence-electron chi connectivity index (χ3n) is 4.42. The maximum atomic E-state index is 12.1. The minimum Gasteiger partial charge on any atom is -0.480 e. The average molecular weight is 579 g/mol. The third kappa shape index (κ3) is 8.67. The van der Waals surface area contributed by atoms with Crippen molar-refractivity contribution in [1.29, 1.82) is 0 Å². The minimum absolute atomic E-state index is 0.0858. The molecule has 0 aliphatic carbocycles. The SMILES string of the molecule is O=C(COc1ccc(Cl)cc1Cl)OCc1ccc(Cl)cc1COC(=O)COc1ccc(Cl)cc1Cl. The summed E-state index contributed by atoms with van der Waals surface area (Å²) in [6.45, 7) is -0.918. The van der Waals surface area contributed by atoms with Crippen molar-refractivity contribution in [3.8, 4) is 11.5 Å². The molecular formula is C24H17Cl5O6. The van der Waals surface area contributed by atoms with Gasteiger partial charge in [-0.1, -0.05) is 64.1 Å². The van der Waals surface area contributed by atoms with Gasteiger partial charge in [-0.15, -0.1) is 0 Å². The summed E-state index contributed by atoms with van der Waals surface area (Å²) in [6.07, 6.45) is 0. The van der Waals surface area contributed by atoms with Gasteiger partial charge in [-0.3, -0.25) is 0 Å². The van der Waals surface area contributed by atoms with Crippen LogP contribution < -0.4 is 9.47 Å². The fraction of sp³-hybridized carbons (Fsp3) is 0.167. The second-order valence-electron chi connectivity index (χ2n) is 6.96. The molecular weight excluding hydrogens is 562 g/mol. The molecule has 0 atom stereocenters. The monoisotopic (exact) mass is 576 g/mol. The van der Waals surface area contributed by atoms with Crippen molar-refractivity contribution in [1.82, 2.24) is 0 Å². The molecule has 0 fully saturated rings. The van der Waals surface area contributed by atoms with E-state index in [1.807, 2.05) is 0 Å². The summed E-state index contributed by atoms with van der Waals surface area (Å²) in [5.41, 5.74) is 1.16. The van der Waals surface area contributed by atoms with Gasteiger partial charge in [0.2, 0.25) is 0 Å². The predicted octanol–water partition coefficient (Wildman–Crippen LogP) is 7.20. The molecule has 0 heterocycles. The summed E-state index contributed by atoms with van der Waals surface area (Å²) >= 11 is 29.8. The summed E-state index contributed by atoms with van der Waals surface area (Å²) in [7, 11) is 0. The topological polar surface area (TPSA) is 71.1 Å². The van der Waals surface area contributed by atoms with Crippen molar-refractivity contribution < 1.29 is 28.5 Å². The maximum absolute atomic E-state index is 12.1. The lowest BCUT2D eigenvalue weighted by Gasteiger charge is -2.13. The lowest BCUT2D eigenvalue weighted by Crippen LogP contribution is -2.17. The number of halogens is 5. The van der Waals surface area contributed by atoms with Crippen LogP contribution in [-0.2, 0) is 32.3 Å². The van der Waals surface area contributed by atoms with Crippen LogP contribution in [0.5, 0.6) is 11.5 Å². The summed E-state index contributed by atoms with van der Waals surface area (Å²) < 4.78 is 21.2. The molecule has 3 aromatic carbocycles. The van der Waals surface area contributed by atoms with E-state index in [0.29, 0.717) is 37.7 Å². The summed E-state index contributed by atoms with van der Waals surface area (Å²) in [5, 5.41) is 1.86. The molecule has 0 aromatic heterocycles. The quantitative estimate of drug-likeness (QED) is 0.237. The smallest absolute Gasteiger partial charge is 0.344 e. The highest BCUT2D eigenvalue weighted by molar-refractivity contribution is 6.36. The first kappa shape index (κ1) is 27.2. The molecule has 0 unspecified atom stereocenters. The number of hydrogen-bond donors (Lipinski definition) is 0. The lowest BCUT2D eigenvalue weighted by atomic mass is 10.1. The number of carbonyl (C=O) groups excluding carboxylic acids is 2. The van der Waals surface area contributed by atoms with Crippen molar-refractivity contribution in [3.63, 3.8) is 0 Å². The standard InChI is InChI=1S/C24H17Cl5O6/c25-16-2-1-14(10-34-23(30)12-32-21-5-3-17(26)8-19(21)28)15(7-16)11-35-24(31)13-33-22-6-4-18(27)9-20(22)29/h1-9H,10-13H2. The van der Waals surface area contributed by atoms with Crippen LogP contribution in [0.2, 0.25) is 25.1 Å². The van der Waals surface area contributed by atoms with Gasteiger partial charge in [-0.2, -0.15) is 0 Å². The molecule has 0 saturated carbocycles. The molecule has 0 bridgehead atoms. The van der Waals surface area contributed by atoms with E-state index in [1.165, 1.54) is 12.1 Å². The zero-order valence-corrected chi connectivity index (χ0v) is 21.6. The first-order valence-electron chi connectivity index (χ1n) is 9.95. The Labute approximate surface area is 226 Å². The first-order chi connectivity index (χ1) is 16.7. The number of hydrogen-bond acceptors (Lipinski definition) is 6. The average Bonchev–Trinajstić information content (AvgIpc) is 2.81. The Hall–Kier alpha value is -2.35. The number of benzene rings is 3. The van der Waals surface area contributed by atoms with Crippen LogP contribution in [-0.4, -0.2) is 25.2 Å². The molecule has 0 amide bonds. The molecule has 184 valence electrons. The molecule has 0 aliphatic heterocycles. The second kappa shape index (κ2) is 13.1. The van der Waals surface area contributed by atoms with Crippen molar-refractivity contribution in [2.45, 2.75) is 13.2 Å². The van der Waals surface area contributed by atoms with E-state index in [2.05, 4.69) is 0 Å². The summed E-state index contributed by atoms with van der Waals surface area (Å²) in [4.78, 5) is 24.2. The van der Waals surface area contributed by atoms with Gasteiger partial charge in [-0.05, 0) is 59.7 Å². The molecule has 11 heteroatoms. The van der Waals surface area contributed by atoms with Crippen LogP contribution in [0.15, 0.2) is 54.6 Å². The fourth-order valence-electron chi connectivity index (χ4n) is 2.73. The fourth-order valence-corrected chi connectivity index (χ4v) is 3.85. The molecule has 3 aromatic rings. The van der Waals surface area contributed by atoms with Crippen LogP contribution in [0.4, 0.5) is 0 Å². The minimum atomic E-state index is -0.632. The Bertz CT molecular complexity index is 1220. The van der Waals surface area contributed by atoms with Gasteiger partial charge in [0.1, 0.15) is 24.7 Å². The van der Waals surface area contributed by atoms with Gasteiger partial charge < -0.3 is 18.9 Å². The molecule has 0 spiro atoms. The molecule has 6 nitrogen and oxygen atoms in total. The highest BCUT2D eigenvalue weighted by Crippen LogP contribution is 2.28. The van der Waals surface area contributed by atoms with Crippen LogP contribution >= 0.6 is 58.0 Å². The largest absolute Gasteiger partial charge is 0.480 e. The van der Waals surface area contributed by atoms with Crippen LogP contribution in [0.1, 0.15) is 11.1 Å². The van der Waals surface area contributed by atoms with Crippen LogP contribution in [0, 0.1) is 0 Å². The number of esters is 2. The Morgan fingerprint density at radius 1 is 0.571 bits per heavy atom. The zero-order valence-electron chi connectivity index (χ0n) is 17.9. The zero-order chi connectivity index (χ0) is 25.4. The van der Waals surface area contributed by atoms with E-state index in [0.717, 1.165) is 0 Å². The molecule has 0 saturated heterocycles. The van der Waals surface area contributed by atoms with Crippen LogP contribution in [0.25, 0.3) is 0 Å². The van der Waals surface area contributed by atoms with E-state index < -0.39 is 11.9 Å². The van der Waals surface area contributed by atoms with E-state index in [4.69, 9.17) is 77.0 Å². The molecule has 3 rings (SSSR count). The second-order valence-corrected chi connectivity index (χ2v) is 9.08. The maximum Gasteiger partial charge on any atom is 0.344 e. The van der Waals surface area contributed by atoms with Crippen molar-refractivity contribution in [2.75, 3.05) is 13.2 Å². The van der Waals surface area contributed by atoms with Crippen LogP contribution in [0.3, 0.4) is 0 Å². The number of carbonyl (C=O) groups is 2. The van der Waals surface area contributed by atoms with Crippen molar-refractivity contribution in [3.05, 3.63) is 90.8 Å². The summed E-state index contributed by atoms with van der Waals surface area (Å²) in [6, 6.07) is 14.2. The Morgan fingerprint density at radius 2 is 1.00 bits per heavy atom. The highest BCUT2D eigenvalue weighted by atomic mass is 35.5. The van der Waals surface area contributed by atoms with E-state index in [1.54, 1.807) is 42.5 Å². The summed E-state index contributed by atoms with van der Waals surface area (Å²) in [5.74, 6) is -0.658. The third-order valence-corrected chi connectivity index (χ3v) is 5.72. The van der Waals surface area contributed by atoms with Gasteiger partial charge in [0.15, 0.2) is 13.2 Å². The Morgan fingerprint density at radius 3 is 1.49 bits per heavy atom. The van der Waals surface area contributed by atoms with Gasteiger partial charge in [0.05, 0.1) is 10.0 Å². The van der Waals surface area contributed by atoms with Crippen molar-refractivity contribution >= 4 is 69.9 Å². The van der Waals surface area contributed by atoms with Gasteiger partial charge >= 0.3 is 11.9 Å². The Kier molecular flexibility index (Phi) is 10.2. The molecule has 0 aliphatic rings. The highest BCUT2D eigenvalue weighted by Gasteiger charge is 2.13. The Balaban J connectivity index is 1.50. The van der Waals surface area contributed by atoms with Crippen molar-refractivity contribution in [2.24, 2.45) is 0 Å². The van der Waals surface area contributed by atoms with Gasteiger partial charge in [0.25, 0.3) is 0 Å². The lowest BCUT2D eigenvalue weighted by molar-refractivity contribution is -0.148. The number of rotatable bonds is 10. The van der Waals surface area contributed by atoms with E-state index >= 15 is 0 Å². The number of ether oxygens (including phenoxy) is 4. The van der Waals surface area contributed by atoms with Gasteiger partial charge in [0, 0.05) is 15.1 Å². The molecule has 0 radical (unpaired) electrons. The van der Waals surface area contributed by atoms with E-state index in [-0.39, 0.29) is 36.5 Å². The van der Waals surface area contributed by atoms with Gasteiger partial charge in [-0.25, -0.2) is 9.59 Å². The van der Waals surface area contributed by atoms with E-state index in [9.17, 15) is 9.59 Å². The normalized spacial score (nSPS) is 10.5. The molecule has 35 heavy (non-hydrogen) atoms. The predicted molar refractivity (Wildman–Crippen MR) is 135 cm³/mol. The molecule has 0 N–H and O–H groups in total.